The highest BCUT2D eigenvalue weighted by molar-refractivity contribution is 9.10. The third kappa shape index (κ3) is 3.61. The lowest BCUT2D eigenvalue weighted by molar-refractivity contribution is -0.386. The number of hydrogen-bond donors (Lipinski definition) is 2. The molecule has 0 aliphatic heterocycles. The van der Waals surface area contributed by atoms with Gasteiger partial charge in [0, 0.05) is 12.1 Å². The van der Waals surface area contributed by atoms with Crippen LogP contribution in [0, 0.1) is 15.9 Å². The number of nitro groups is 1. The van der Waals surface area contributed by atoms with Gasteiger partial charge in [0.25, 0.3) is 0 Å². The summed E-state index contributed by atoms with van der Waals surface area (Å²) in [5, 5.41) is 10.8. The first kappa shape index (κ1) is 15.3. The molecule has 104 valence electrons. The van der Waals surface area contributed by atoms with Crippen molar-refractivity contribution in [2.75, 3.05) is 6.61 Å². The van der Waals surface area contributed by atoms with Gasteiger partial charge in [-0.15, -0.1) is 0 Å². The molecule has 1 rings (SSSR count). The van der Waals surface area contributed by atoms with Crippen molar-refractivity contribution in [1.82, 2.24) is 0 Å². The van der Waals surface area contributed by atoms with Gasteiger partial charge in [-0.2, -0.15) is 0 Å². The number of primary amides is 1. The molecule has 0 radical (unpaired) electrons. The summed E-state index contributed by atoms with van der Waals surface area (Å²) in [5.41, 5.74) is 8.59. The van der Waals surface area contributed by atoms with Gasteiger partial charge >= 0.3 is 5.69 Å². The quantitative estimate of drug-likeness (QED) is 0.615. The zero-order valence-electron chi connectivity index (χ0n) is 9.85. The summed E-state index contributed by atoms with van der Waals surface area (Å²) in [7, 11) is 0. The van der Waals surface area contributed by atoms with E-state index in [-0.39, 0.29) is 10.2 Å². The summed E-state index contributed by atoms with van der Waals surface area (Å²) in [6.45, 7) is 0.890. The maximum atomic E-state index is 13.3. The first-order valence-electron chi connectivity index (χ1n) is 5.00. The minimum Gasteiger partial charge on any atom is -0.484 e. The Bertz CT molecular complexity index is 536. The number of amides is 1. The summed E-state index contributed by atoms with van der Waals surface area (Å²) >= 11 is 2.83. The smallest absolute Gasteiger partial charge is 0.312 e. The normalized spacial score (nSPS) is 13.7. The van der Waals surface area contributed by atoms with Crippen molar-refractivity contribution >= 4 is 27.5 Å². The van der Waals surface area contributed by atoms with E-state index in [0.717, 1.165) is 12.1 Å². The first-order chi connectivity index (χ1) is 8.65. The molecule has 0 saturated heterocycles. The van der Waals surface area contributed by atoms with Gasteiger partial charge < -0.3 is 16.2 Å². The number of carbonyl (C=O) groups is 1. The molecule has 0 aliphatic rings. The monoisotopic (exact) mass is 335 g/mol. The lowest BCUT2D eigenvalue weighted by atomic mass is 10.1. The molecule has 9 heteroatoms. The molecule has 0 aliphatic carbocycles. The molecular formula is C10H11BrFN3O4. The second-order valence-electron chi connectivity index (χ2n) is 4.06. The molecule has 4 N–H and O–H groups in total. The van der Waals surface area contributed by atoms with E-state index >= 15 is 0 Å². The van der Waals surface area contributed by atoms with Crippen LogP contribution in [0.5, 0.6) is 5.75 Å². The van der Waals surface area contributed by atoms with E-state index in [1.165, 1.54) is 6.92 Å². The molecule has 1 aromatic carbocycles. The topological polar surface area (TPSA) is 121 Å². The highest BCUT2D eigenvalue weighted by Crippen LogP contribution is 2.32. The number of hydrogen-bond acceptors (Lipinski definition) is 5. The SMILES string of the molecule is CC(N)(COc1cc(F)c(Br)cc1[N+](=O)[O-])C(N)=O. The van der Waals surface area contributed by atoms with E-state index in [1.54, 1.807) is 0 Å². The second kappa shape index (κ2) is 5.49. The van der Waals surface area contributed by atoms with Crippen molar-refractivity contribution in [2.45, 2.75) is 12.5 Å². The van der Waals surface area contributed by atoms with Crippen molar-refractivity contribution in [1.29, 1.82) is 0 Å². The zero-order chi connectivity index (χ0) is 14.8. The maximum absolute atomic E-state index is 13.3. The molecule has 1 aromatic rings. The molecule has 1 unspecified atom stereocenters. The lowest BCUT2D eigenvalue weighted by Gasteiger charge is -2.20. The Balaban J connectivity index is 3.04. The number of benzene rings is 1. The Kier molecular flexibility index (Phi) is 4.43. The number of halogens is 2. The van der Waals surface area contributed by atoms with Crippen LogP contribution in [0.25, 0.3) is 0 Å². The standard InChI is InChI=1S/C10H11BrFN3O4/c1-10(14,9(13)16)4-19-8-3-6(12)5(11)2-7(8)15(17)18/h2-3H,4,14H2,1H3,(H2,13,16). The van der Waals surface area contributed by atoms with Gasteiger partial charge in [-0.1, -0.05) is 0 Å². The molecule has 0 aromatic heterocycles. The maximum Gasteiger partial charge on any atom is 0.312 e. The third-order valence-electron chi connectivity index (χ3n) is 2.29. The number of carbonyl (C=O) groups excluding carboxylic acids is 1. The molecule has 0 bridgehead atoms. The molecule has 19 heavy (non-hydrogen) atoms. The summed E-state index contributed by atoms with van der Waals surface area (Å²) < 4.78 is 18.3. The van der Waals surface area contributed by atoms with Gasteiger partial charge in [0.15, 0.2) is 5.75 Å². The molecule has 1 atom stereocenters. The van der Waals surface area contributed by atoms with Crippen molar-refractivity contribution in [3.63, 3.8) is 0 Å². The van der Waals surface area contributed by atoms with Gasteiger partial charge in [-0.05, 0) is 22.9 Å². The summed E-state index contributed by atoms with van der Waals surface area (Å²) in [6, 6.07) is 1.79. The summed E-state index contributed by atoms with van der Waals surface area (Å²) in [6.07, 6.45) is 0. The van der Waals surface area contributed by atoms with Crippen molar-refractivity contribution in [2.24, 2.45) is 11.5 Å². The lowest BCUT2D eigenvalue weighted by Crippen LogP contribution is -2.53. The second-order valence-corrected chi connectivity index (χ2v) is 4.92. The van der Waals surface area contributed by atoms with E-state index in [1.807, 2.05) is 0 Å². The third-order valence-corrected chi connectivity index (χ3v) is 2.90. The van der Waals surface area contributed by atoms with Gasteiger partial charge in [0.05, 0.1) is 9.40 Å². The van der Waals surface area contributed by atoms with Crippen molar-refractivity contribution in [3.8, 4) is 5.75 Å². The number of ether oxygens (including phenoxy) is 1. The largest absolute Gasteiger partial charge is 0.484 e. The van der Waals surface area contributed by atoms with Crippen LogP contribution < -0.4 is 16.2 Å². The highest BCUT2D eigenvalue weighted by atomic mass is 79.9. The fourth-order valence-electron chi connectivity index (χ4n) is 1.08. The van der Waals surface area contributed by atoms with Crippen LogP contribution in [0.1, 0.15) is 6.92 Å². The van der Waals surface area contributed by atoms with Crippen molar-refractivity contribution in [3.05, 3.63) is 32.5 Å². The molecule has 0 heterocycles. The van der Waals surface area contributed by atoms with Gasteiger partial charge in [0.1, 0.15) is 18.0 Å². The summed E-state index contributed by atoms with van der Waals surface area (Å²) in [4.78, 5) is 21.0. The number of nitrogens with two attached hydrogens (primary N) is 2. The fourth-order valence-corrected chi connectivity index (χ4v) is 1.41. The van der Waals surface area contributed by atoms with Crippen LogP contribution in [-0.4, -0.2) is 23.0 Å². The Morgan fingerprint density at radius 2 is 2.21 bits per heavy atom. The Hall–Kier alpha value is -1.74. The predicted octanol–water partition coefficient (Wildman–Crippen LogP) is 1.08. The zero-order valence-corrected chi connectivity index (χ0v) is 11.4. The summed E-state index contributed by atoms with van der Waals surface area (Å²) in [5.74, 6) is -1.91. The molecule has 0 saturated carbocycles. The molecule has 1 amide bonds. The number of nitrogens with zero attached hydrogens (tertiary/aromatic N) is 1. The van der Waals surface area contributed by atoms with E-state index in [4.69, 9.17) is 16.2 Å². The Labute approximate surface area is 116 Å². The van der Waals surface area contributed by atoms with E-state index in [9.17, 15) is 19.3 Å². The van der Waals surface area contributed by atoms with Crippen molar-refractivity contribution < 1.29 is 18.8 Å². The van der Waals surface area contributed by atoms with E-state index < -0.39 is 34.5 Å². The van der Waals surface area contributed by atoms with Crippen LogP contribution in [0.2, 0.25) is 0 Å². The average Bonchev–Trinajstić information content (AvgIpc) is 2.29. The number of nitro benzene ring substituents is 1. The van der Waals surface area contributed by atoms with Crippen LogP contribution in [0.15, 0.2) is 16.6 Å². The number of rotatable bonds is 5. The van der Waals surface area contributed by atoms with Gasteiger partial charge in [0.2, 0.25) is 5.91 Å². The van der Waals surface area contributed by atoms with Crippen LogP contribution in [0.4, 0.5) is 10.1 Å². The minimum absolute atomic E-state index is 0.0723. The Morgan fingerprint density at radius 1 is 1.63 bits per heavy atom. The average molecular weight is 336 g/mol. The van der Waals surface area contributed by atoms with E-state index in [2.05, 4.69) is 15.9 Å². The molecule has 0 spiro atoms. The predicted molar refractivity (Wildman–Crippen MR) is 68.0 cm³/mol. The highest BCUT2D eigenvalue weighted by Gasteiger charge is 2.28. The van der Waals surface area contributed by atoms with Crippen LogP contribution >= 0.6 is 15.9 Å². The van der Waals surface area contributed by atoms with Crippen LogP contribution in [0.3, 0.4) is 0 Å². The molecular weight excluding hydrogens is 325 g/mol. The molecule has 7 nitrogen and oxygen atoms in total. The Morgan fingerprint density at radius 3 is 2.68 bits per heavy atom. The first-order valence-corrected chi connectivity index (χ1v) is 5.79. The van der Waals surface area contributed by atoms with Crippen LogP contribution in [-0.2, 0) is 4.79 Å². The fraction of sp³-hybridized carbons (Fsp3) is 0.300. The van der Waals surface area contributed by atoms with Gasteiger partial charge in [-0.3, -0.25) is 14.9 Å². The minimum atomic E-state index is -1.52. The molecule has 0 fully saturated rings. The van der Waals surface area contributed by atoms with E-state index in [0.29, 0.717) is 0 Å². The van der Waals surface area contributed by atoms with Gasteiger partial charge in [-0.25, -0.2) is 4.39 Å².